The van der Waals surface area contributed by atoms with Gasteiger partial charge in [0, 0.05) is 19.2 Å². The Morgan fingerprint density at radius 3 is 2.47 bits per heavy atom. The monoisotopic (exact) mass is 422 g/mol. The average Bonchev–Trinajstić information content (AvgIpc) is 3.04. The van der Waals surface area contributed by atoms with Crippen molar-refractivity contribution in [3.05, 3.63) is 52.3 Å². The van der Waals surface area contributed by atoms with E-state index in [1.807, 2.05) is 42.2 Å². The molecule has 9 heteroatoms. The van der Waals surface area contributed by atoms with E-state index in [1.165, 1.54) is 11.0 Å². The Hall–Kier alpha value is -2.55. The van der Waals surface area contributed by atoms with Gasteiger partial charge >= 0.3 is 6.18 Å². The molecule has 162 valence electrons. The van der Waals surface area contributed by atoms with Gasteiger partial charge in [0.1, 0.15) is 5.82 Å². The molecule has 0 aliphatic carbocycles. The SMILES string of the molecule is CCC(c1ccccc1)N1c2nc(N3CCOCC3)cc(=O)n2CC1(C)C(F)(F)F. The van der Waals surface area contributed by atoms with Crippen molar-refractivity contribution in [1.29, 1.82) is 0 Å². The zero-order chi connectivity index (χ0) is 21.5. The summed E-state index contributed by atoms with van der Waals surface area (Å²) in [7, 11) is 0. The summed E-state index contributed by atoms with van der Waals surface area (Å²) in [4.78, 5) is 20.6. The predicted octanol–water partition coefficient (Wildman–Crippen LogP) is 3.37. The molecule has 1 aromatic heterocycles. The second-order valence-electron chi connectivity index (χ2n) is 7.91. The number of rotatable bonds is 4. The summed E-state index contributed by atoms with van der Waals surface area (Å²) < 4.78 is 49.5. The van der Waals surface area contributed by atoms with E-state index in [2.05, 4.69) is 4.98 Å². The van der Waals surface area contributed by atoms with Crippen LogP contribution < -0.4 is 15.4 Å². The van der Waals surface area contributed by atoms with Crippen molar-refractivity contribution in [1.82, 2.24) is 9.55 Å². The maximum absolute atomic E-state index is 14.3. The van der Waals surface area contributed by atoms with E-state index in [0.29, 0.717) is 38.5 Å². The highest BCUT2D eigenvalue weighted by Gasteiger charge is 2.61. The molecule has 2 aliphatic rings. The van der Waals surface area contributed by atoms with Crippen LogP contribution in [0.15, 0.2) is 41.2 Å². The molecule has 2 aliphatic heterocycles. The summed E-state index contributed by atoms with van der Waals surface area (Å²) in [5, 5.41) is 0. The largest absolute Gasteiger partial charge is 0.413 e. The second-order valence-corrected chi connectivity index (χ2v) is 7.91. The lowest BCUT2D eigenvalue weighted by molar-refractivity contribution is -0.184. The van der Waals surface area contributed by atoms with Crippen LogP contribution in [-0.2, 0) is 11.3 Å². The van der Waals surface area contributed by atoms with Crippen molar-refractivity contribution in [3.8, 4) is 0 Å². The standard InChI is InChI=1S/C21H25F3N4O2/c1-3-16(15-7-5-4-6-8-15)28-19-25-17(26-9-11-30-12-10-26)13-18(29)27(19)14-20(28,2)21(22,23)24/h4-8,13,16H,3,9-12,14H2,1-2H3. The lowest BCUT2D eigenvalue weighted by Gasteiger charge is -2.42. The number of halogens is 3. The van der Waals surface area contributed by atoms with Crippen molar-refractivity contribution in [2.24, 2.45) is 0 Å². The molecule has 6 nitrogen and oxygen atoms in total. The molecule has 0 amide bonds. The fraction of sp³-hybridized carbons (Fsp3) is 0.524. The molecule has 4 rings (SSSR count). The van der Waals surface area contributed by atoms with Gasteiger partial charge in [-0.15, -0.1) is 0 Å². The van der Waals surface area contributed by atoms with Crippen LogP contribution >= 0.6 is 0 Å². The van der Waals surface area contributed by atoms with Crippen molar-refractivity contribution >= 4 is 11.8 Å². The van der Waals surface area contributed by atoms with Gasteiger partial charge in [0.15, 0.2) is 5.54 Å². The molecule has 2 atom stereocenters. The minimum atomic E-state index is -4.55. The molecule has 0 spiro atoms. The van der Waals surface area contributed by atoms with Gasteiger partial charge in [-0.25, -0.2) is 0 Å². The molecular formula is C21H25F3N4O2. The number of anilines is 2. The van der Waals surface area contributed by atoms with Gasteiger partial charge in [0.25, 0.3) is 5.56 Å². The molecule has 2 aromatic rings. The van der Waals surface area contributed by atoms with E-state index in [0.717, 1.165) is 17.1 Å². The van der Waals surface area contributed by atoms with Crippen LogP contribution in [0.3, 0.4) is 0 Å². The molecule has 1 aromatic carbocycles. The van der Waals surface area contributed by atoms with Crippen LogP contribution in [-0.4, -0.2) is 47.6 Å². The Morgan fingerprint density at radius 2 is 1.87 bits per heavy atom. The number of nitrogens with zero attached hydrogens (tertiary/aromatic N) is 4. The third kappa shape index (κ3) is 3.34. The first-order chi connectivity index (χ1) is 14.3. The van der Waals surface area contributed by atoms with Gasteiger partial charge < -0.3 is 14.5 Å². The van der Waals surface area contributed by atoms with Crippen LogP contribution in [0.25, 0.3) is 0 Å². The Balaban J connectivity index is 1.87. The van der Waals surface area contributed by atoms with Crippen LogP contribution in [0.4, 0.5) is 24.9 Å². The van der Waals surface area contributed by atoms with E-state index in [1.54, 1.807) is 0 Å². The van der Waals surface area contributed by atoms with Gasteiger partial charge in [-0.1, -0.05) is 37.3 Å². The van der Waals surface area contributed by atoms with Crippen molar-refractivity contribution in [2.45, 2.75) is 44.6 Å². The lowest BCUT2D eigenvalue weighted by Crippen LogP contribution is -2.57. The summed E-state index contributed by atoms with van der Waals surface area (Å²) in [5.41, 5.74) is -1.95. The topological polar surface area (TPSA) is 50.6 Å². The number of alkyl halides is 3. The molecule has 0 bridgehead atoms. The number of hydrogen-bond acceptors (Lipinski definition) is 5. The van der Waals surface area contributed by atoms with Gasteiger partial charge in [-0.3, -0.25) is 9.36 Å². The Labute approximate surface area is 172 Å². The molecule has 3 heterocycles. The number of fused-ring (bicyclic) bond motifs is 1. The van der Waals surface area contributed by atoms with Gasteiger partial charge in [0.2, 0.25) is 5.95 Å². The quantitative estimate of drug-likeness (QED) is 0.756. The summed E-state index contributed by atoms with van der Waals surface area (Å²) >= 11 is 0. The molecule has 0 saturated carbocycles. The van der Waals surface area contributed by atoms with Crippen molar-refractivity contribution in [2.75, 3.05) is 36.1 Å². The van der Waals surface area contributed by atoms with Gasteiger partial charge in [-0.05, 0) is 18.9 Å². The van der Waals surface area contributed by atoms with Crippen molar-refractivity contribution < 1.29 is 17.9 Å². The third-order valence-corrected chi connectivity index (χ3v) is 6.02. The maximum Gasteiger partial charge on any atom is 0.413 e. The first-order valence-corrected chi connectivity index (χ1v) is 10.1. The molecule has 1 fully saturated rings. The number of morpholine rings is 1. The highest BCUT2D eigenvalue weighted by molar-refractivity contribution is 5.52. The molecule has 0 radical (unpaired) electrons. The molecular weight excluding hydrogens is 397 g/mol. The molecule has 1 saturated heterocycles. The van der Waals surface area contributed by atoms with E-state index in [-0.39, 0.29) is 5.95 Å². The normalized spacial score (nSPS) is 22.8. The summed E-state index contributed by atoms with van der Waals surface area (Å²) in [6, 6.07) is 9.84. The number of aromatic nitrogens is 2. The fourth-order valence-electron chi connectivity index (χ4n) is 4.33. The average molecular weight is 422 g/mol. The highest BCUT2D eigenvalue weighted by atomic mass is 19.4. The Kier molecular flexibility index (Phi) is 5.25. The molecule has 30 heavy (non-hydrogen) atoms. The zero-order valence-corrected chi connectivity index (χ0v) is 17.0. The summed E-state index contributed by atoms with van der Waals surface area (Å²) in [6.45, 7) is 4.59. The minimum absolute atomic E-state index is 0.0690. The van der Waals surface area contributed by atoms with Crippen LogP contribution in [0, 0.1) is 0 Å². The van der Waals surface area contributed by atoms with Crippen LogP contribution in [0.2, 0.25) is 0 Å². The van der Waals surface area contributed by atoms with E-state index >= 15 is 0 Å². The van der Waals surface area contributed by atoms with Gasteiger partial charge in [-0.2, -0.15) is 18.2 Å². The second kappa shape index (κ2) is 7.61. The first-order valence-electron chi connectivity index (χ1n) is 10.1. The first kappa shape index (κ1) is 20.7. The summed E-state index contributed by atoms with van der Waals surface area (Å²) in [6.07, 6.45) is -4.11. The third-order valence-electron chi connectivity index (χ3n) is 6.02. The number of ether oxygens (including phenoxy) is 1. The number of hydrogen-bond donors (Lipinski definition) is 0. The highest BCUT2D eigenvalue weighted by Crippen LogP contribution is 2.48. The fourth-order valence-corrected chi connectivity index (χ4v) is 4.33. The van der Waals surface area contributed by atoms with Crippen LogP contribution in [0.1, 0.15) is 31.9 Å². The van der Waals surface area contributed by atoms with E-state index < -0.39 is 29.9 Å². The van der Waals surface area contributed by atoms with E-state index in [9.17, 15) is 18.0 Å². The van der Waals surface area contributed by atoms with Crippen molar-refractivity contribution in [3.63, 3.8) is 0 Å². The Morgan fingerprint density at radius 1 is 1.20 bits per heavy atom. The summed E-state index contributed by atoms with van der Waals surface area (Å²) in [5.74, 6) is 0.466. The lowest BCUT2D eigenvalue weighted by atomic mass is 9.94. The number of benzene rings is 1. The zero-order valence-electron chi connectivity index (χ0n) is 17.0. The van der Waals surface area contributed by atoms with E-state index in [4.69, 9.17) is 4.74 Å². The minimum Gasteiger partial charge on any atom is -0.378 e. The van der Waals surface area contributed by atoms with Crippen LogP contribution in [0.5, 0.6) is 0 Å². The van der Waals surface area contributed by atoms with Gasteiger partial charge in [0.05, 0.1) is 25.8 Å². The predicted molar refractivity (Wildman–Crippen MR) is 108 cm³/mol. The smallest absolute Gasteiger partial charge is 0.378 e. The maximum atomic E-state index is 14.3. The molecule has 0 N–H and O–H groups in total. The Bertz CT molecular complexity index is 957. The molecule has 2 unspecified atom stereocenters.